The van der Waals surface area contributed by atoms with Crippen LogP contribution in [0.25, 0.3) is 11.4 Å². The van der Waals surface area contributed by atoms with Crippen LogP contribution in [-0.2, 0) is 11.2 Å². The summed E-state index contributed by atoms with van der Waals surface area (Å²) in [6.07, 6.45) is 0.651. The minimum Gasteiger partial charge on any atom is -0.351 e. The van der Waals surface area contributed by atoms with Gasteiger partial charge >= 0.3 is 0 Å². The second-order valence-corrected chi connectivity index (χ2v) is 5.82. The molecule has 0 saturated carbocycles. The molecule has 1 N–H and O–H groups in total. The number of aromatic nitrogens is 2. The Morgan fingerprint density at radius 2 is 1.95 bits per heavy atom. The minimum absolute atomic E-state index is 0.0657. The van der Waals surface area contributed by atoms with Gasteiger partial charge in [0.25, 0.3) is 0 Å². The molecule has 2 aromatic rings. The van der Waals surface area contributed by atoms with E-state index in [1.807, 2.05) is 20.8 Å². The summed E-state index contributed by atoms with van der Waals surface area (Å²) in [5.74, 6) is 0.393. The molecule has 5 nitrogen and oxygen atoms in total. The highest BCUT2D eigenvalue weighted by Crippen LogP contribution is 2.16. The van der Waals surface area contributed by atoms with Crippen molar-refractivity contribution < 1.29 is 13.7 Å². The summed E-state index contributed by atoms with van der Waals surface area (Å²) < 4.78 is 17.9. The zero-order chi connectivity index (χ0) is 15.5. The third kappa shape index (κ3) is 4.66. The summed E-state index contributed by atoms with van der Waals surface area (Å²) in [5.41, 5.74) is 0.413. The Morgan fingerprint density at radius 1 is 1.29 bits per heavy atom. The summed E-state index contributed by atoms with van der Waals surface area (Å²) in [5, 5.41) is 6.69. The predicted octanol–water partition coefficient (Wildman–Crippen LogP) is 2.72. The van der Waals surface area contributed by atoms with E-state index in [2.05, 4.69) is 15.5 Å². The van der Waals surface area contributed by atoms with Gasteiger partial charge in [0, 0.05) is 23.9 Å². The van der Waals surface area contributed by atoms with E-state index in [0.29, 0.717) is 23.7 Å². The molecule has 112 valence electrons. The molecule has 0 radical (unpaired) electrons. The Balaban J connectivity index is 1.94. The average molecular weight is 291 g/mol. The normalized spacial score (nSPS) is 11.4. The van der Waals surface area contributed by atoms with Gasteiger partial charge in [0.05, 0.1) is 0 Å². The van der Waals surface area contributed by atoms with E-state index in [1.165, 1.54) is 12.1 Å². The highest BCUT2D eigenvalue weighted by molar-refractivity contribution is 5.76. The zero-order valence-electron chi connectivity index (χ0n) is 12.3. The smallest absolute Gasteiger partial charge is 0.227 e. The third-order valence-electron chi connectivity index (χ3n) is 2.65. The average Bonchev–Trinajstić information content (AvgIpc) is 2.84. The van der Waals surface area contributed by atoms with Gasteiger partial charge in [-0.1, -0.05) is 5.16 Å². The largest absolute Gasteiger partial charge is 0.351 e. The van der Waals surface area contributed by atoms with Gasteiger partial charge in [-0.3, -0.25) is 4.79 Å². The summed E-state index contributed by atoms with van der Waals surface area (Å²) in [4.78, 5) is 15.9. The number of carbonyl (C=O) groups excluding carboxylic acids is 1. The van der Waals surface area contributed by atoms with E-state index in [1.54, 1.807) is 12.1 Å². The molecular weight excluding hydrogens is 273 g/mol. The number of rotatable bonds is 4. The highest BCUT2D eigenvalue weighted by atomic mass is 19.1. The van der Waals surface area contributed by atoms with Crippen molar-refractivity contribution in [3.8, 4) is 11.4 Å². The molecule has 0 spiro atoms. The van der Waals surface area contributed by atoms with Crippen LogP contribution in [0.4, 0.5) is 4.39 Å². The van der Waals surface area contributed by atoms with Gasteiger partial charge < -0.3 is 9.84 Å². The van der Waals surface area contributed by atoms with Crippen molar-refractivity contribution in [2.75, 3.05) is 0 Å². The first kappa shape index (κ1) is 15.2. The first-order valence-electron chi connectivity index (χ1n) is 6.73. The van der Waals surface area contributed by atoms with Crippen molar-refractivity contribution in [2.45, 2.75) is 39.2 Å². The first-order valence-corrected chi connectivity index (χ1v) is 6.73. The van der Waals surface area contributed by atoms with Crippen LogP contribution >= 0.6 is 0 Å². The fourth-order valence-corrected chi connectivity index (χ4v) is 1.77. The molecule has 1 aromatic carbocycles. The fourth-order valence-electron chi connectivity index (χ4n) is 1.77. The molecular formula is C15H18FN3O2. The van der Waals surface area contributed by atoms with E-state index in [4.69, 9.17) is 4.52 Å². The number of halogens is 1. The topological polar surface area (TPSA) is 68.0 Å². The molecule has 1 aromatic heterocycles. The van der Waals surface area contributed by atoms with E-state index in [-0.39, 0.29) is 23.7 Å². The SMILES string of the molecule is CC(C)(C)NC(=O)CCc1nc(-c2ccc(F)cc2)no1. The predicted molar refractivity (Wildman–Crippen MR) is 75.9 cm³/mol. The lowest BCUT2D eigenvalue weighted by Gasteiger charge is -2.20. The number of aryl methyl sites for hydroxylation is 1. The Morgan fingerprint density at radius 3 is 2.57 bits per heavy atom. The van der Waals surface area contributed by atoms with Crippen molar-refractivity contribution in [3.05, 3.63) is 36.0 Å². The van der Waals surface area contributed by atoms with Gasteiger partial charge in [-0.05, 0) is 45.0 Å². The lowest BCUT2D eigenvalue weighted by Crippen LogP contribution is -2.40. The van der Waals surface area contributed by atoms with Crippen LogP contribution in [0.2, 0.25) is 0 Å². The Hall–Kier alpha value is -2.24. The van der Waals surface area contributed by atoms with Crippen LogP contribution in [0.5, 0.6) is 0 Å². The van der Waals surface area contributed by atoms with Crippen LogP contribution in [-0.4, -0.2) is 21.6 Å². The van der Waals surface area contributed by atoms with Crippen molar-refractivity contribution in [3.63, 3.8) is 0 Å². The van der Waals surface area contributed by atoms with Crippen molar-refractivity contribution in [1.29, 1.82) is 0 Å². The number of nitrogens with one attached hydrogen (secondary N) is 1. The monoisotopic (exact) mass is 291 g/mol. The quantitative estimate of drug-likeness (QED) is 0.940. The molecule has 2 rings (SSSR count). The summed E-state index contributed by atoms with van der Waals surface area (Å²) >= 11 is 0. The molecule has 0 aliphatic rings. The van der Waals surface area contributed by atoms with Gasteiger partial charge in [-0.2, -0.15) is 4.98 Å². The second-order valence-electron chi connectivity index (χ2n) is 5.82. The molecule has 0 bridgehead atoms. The molecule has 21 heavy (non-hydrogen) atoms. The fraction of sp³-hybridized carbons (Fsp3) is 0.400. The molecule has 1 heterocycles. The van der Waals surface area contributed by atoms with Crippen LogP contribution in [0.1, 0.15) is 33.1 Å². The zero-order valence-corrected chi connectivity index (χ0v) is 12.3. The molecule has 0 unspecified atom stereocenters. The lowest BCUT2D eigenvalue weighted by molar-refractivity contribution is -0.122. The number of amides is 1. The van der Waals surface area contributed by atoms with Crippen LogP contribution < -0.4 is 5.32 Å². The van der Waals surface area contributed by atoms with Gasteiger partial charge in [0.1, 0.15) is 5.82 Å². The molecule has 0 atom stereocenters. The highest BCUT2D eigenvalue weighted by Gasteiger charge is 2.15. The molecule has 0 saturated heterocycles. The Kier molecular flexibility index (Phi) is 4.35. The Labute approximate surface area is 122 Å². The minimum atomic E-state index is -0.318. The number of hydrogen-bond donors (Lipinski definition) is 1. The van der Waals surface area contributed by atoms with Crippen LogP contribution in [0, 0.1) is 5.82 Å². The van der Waals surface area contributed by atoms with Gasteiger partial charge in [-0.15, -0.1) is 0 Å². The molecule has 0 fully saturated rings. The number of hydrogen-bond acceptors (Lipinski definition) is 4. The van der Waals surface area contributed by atoms with Gasteiger partial charge in [0.2, 0.25) is 17.6 Å². The molecule has 0 aliphatic carbocycles. The maximum Gasteiger partial charge on any atom is 0.227 e. The second kappa shape index (κ2) is 6.03. The maximum atomic E-state index is 12.8. The number of carbonyl (C=O) groups is 1. The number of nitrogens with zero attached hydrogens (tertiary/aromatic N) is 2. The molecule has 1 amide bonds. The standard InChI is InChI=1S/C15H18FN3O2/c1-15(2,3)18-12(20)8-9-13-17-14(19-21-13)10-4-6-11(16)7-5-10/h4-7H,8-9H2,1-3H3,(H,18,20). The van der Waals surface area contributed by atoms with Crippen molar-refractivity contribution >= 4 is 5.91 Å². The molecule has 6 heteroatoms. The summed E-state index contributed by atoms with van der Waals surface area (Å²) in [6, 6.07) is 5.83. The van der Waals surface area contributed by atoms with E-state index >= 15 is 0 Å². The van der Waals surface area contributed by atoms with Crippen LogP contribution in [0.15, 0.2) is 28.8 Å². The third-order valence-corrected chi connectivity index (χ3v) is 2.65. The van der Waals surface area contributed by atoms with Gasteiger partial charge in [-0.25, -0.2) is 4.39 Å². The first-order chi connectivity index (χ1) is 9.83. The van der Waals surface area contributed by atoms with Crippen molar-refractivity contribution in [1.82, 2.24) is 15.5 Å². The van der Waals surface area contributed by atoms with E-state index in [9.17, 15) is 9.18 Å². The van der Waals surface area contributed by atoms with Gasteiger partial charge in [0.15, 0.2) is 0 Å². The Bertz CT molecular complexity index is 615. The summed E-state index contributed by atoms with van der Waals surface area (Å²) in [6.45, 7) is 5.76. The summed E-state index contributed by atoms with van der Waals surface area (Å²) in [7, 11) is 0. The van der Waals surface area contributed by atoms with E-state index in [0.717, 1.165) is 0 Å². The van der Waals surface area contributed by atoms with Crippen LogP contribution in [0.3, 0.4) is 0 Å². The maximum absolute atomic E-state index is 12.8. The van der Waals surface area contributed by atoms with Crippen molar-refractivity contribution in [2.24, 2.45) is 0 Å². The molecule has 0 aliphatic heterocycles. The van der Waals surface area contributed by atoms with E-state index < -0.39 is 0 Å². The lowest BCUT2D eigenvalue weighted by atomic mass is 10.1. The number of benzene rings is 1.